The van der Waals surface area contributed by atoms with Crippen LogP contribution in [-0.4, -0.2) is 35.1 Å². The van der Waals surface area contributed by atoms with Gasteiger partial charge in [0.15, 0.2) is 0 Å². The molecule has 0 bridgehead atoms. The Balaban J connectivity index is 0.00000256. The van der Waals surface area contributed by atoms with E-state index in [2.05, 4.69) is 0 Å². The Hall–Kier alpha value is -0.294. The Bertz CT molecular complexity index is 563. The average molecular weight is 285 g/mol. The van der Waals surface area contributed by atoms with Gasteiger partial charge >= 0.3 is 63.3 Å². The Morgan fingerprint density at radius 1 is 1.06 bits per heavy atom. The van der Waals surface area contributed by atoms with E-state index in [0.29, 0.717) is 6.07 Å². The molecule has 17 heavy (non-hydrogen) atoms. The molecule has 0 fully saturated rings. The van der Waals surface area contributed by atoms with Gasteiger partial charge in [-0.25, -0.2) is 9.59 Å². The molecule has 0 spiro atoms. The van der Waals surface area contributed by atoms with Gasteiger partial charge in [-0.05, 0) is 18.2 Å². The van der Waals surface area contributed by atoms with Crippen molar-refractivity contribution in [2.45, 2.75) is 4.90 Å². The van der Waals surface area contributed by atoms with Gasteiger partial charge in [-0.3, -0.25) is 4.55 Å². The first kappa shape index (κ1) is 16.7. The minimum atomic E-state index is -4.69. The number of carboxylic acids is 2. The molecule has 0 radical (unpaired) electrons. The zero-order valence-electron chi connectivity index (χ0n) is 8.61. The Morgan fingerprint density at radius 2 is 1.59 bits per heavy atom. The fourth-order valence-electron chi connectivity index (χ4n) is 1.06. The minimum Gasteiger partial charge on any atom is -0.478 e. The molecule has 3 N–H and O–H groups in total. The molecule has 0 amide bonds. The first-order chi connectivity index (χ1) is 7.23. The molecule has 0 heterocycles. The molecule has 7 nitrogen and oxygen atoms in total. The summed E-state index contributed by atoms with van der Waals surface area (Å²) in [6.45, 7) is 0. The number of aromatic carboxylic acids is 2. The predicted octanol–water partition coefficient (Wildman–Crippen LogP) is -2.67. The minimum absolute atomic E-state index is 0. The van der Waals surface area contributed by atoms with E-state index in [0.717, 1.165) is 12.1 Å². The summed E-state index contributed by atoms with van der Waals surface area (Å²) in [6, 6.07) is 2.27. The zero-order chi connectivity index (χ0) is 12.5. The van der Waals surface area contributed by atoms with Crippen molar-refractivity contribution in [1.29, 1.82) is 0 Å². The van der Waals surface area contributed by atoms with Crippen LogP contribution in [0.5, 0.6) is 0 Å². The van der Waals surface area contributed by atoms with E-state index in [1.54, 1.807) is 0 Å². The number of hydrogen-bond donors (Lipinski definition) is 3. The van der Waals surface area contributed by atoms with Crippen molar-refractivity contribution in [2.24, 2.45) is 0 Å². The molecule has 0 saturated heterocycles. The molecule has 1 rings (SSSR count). The van der Waals surface area contributed by atoms with Crippen molar-refractivity contribution in [2.75, 3.05) is 0 Å². The van der Waals surface area contributed by atoms with Gasteiger partial charge in [0.25, 0.3) is 10.1 Å². The second-order valence-corrected chi connectivity index (χ2v) is 4.19. The molecule has 0 atom stereocenters. The second-order valence-electron chi connectivity index (χ2n) is 2.80. The van der Waals surface area contributed by atoms with Crippen LogP contribution < -0.4 is 51.4 Å². The summed E-state index contributed by atoms with van der Waals surface area (Å²) >= 11 is 0. The van der Waals surface area contributed by atoms with E-state index in [1.165, 1.54) is 0 Å². The predicted molar refractivity (Wildman–Crippen MR) is 50.2 cm³/mol. The molecule has 0 aliphatic heterocycles. The summed E-state index contributed by atoms with van der Waals surface area (Å²) in [6.07, 6.45) is 0. The molecule has 0 aliphatic carbocycles. The van der Waals surface area contributed by atoms with Crippen LogP contribution in [0.2, 0.25) is 0 Å². The summed E-state index contributed by atoms with van der Waals surface area (Å²) in [5.74, 6) is -3.04. The summed E-state index contributed by atoms with van der Waals surface area (Å²) < 4.78 is 30.3. The fraction of sp³-hybridized carbons (Fsp3) is 0. The number of benzene rings is 1. The van der Waals surface area contributed by atoms with Gasteiger partial charge in [-0.1, -0.05) is 0 Å². The van der Waals surface area contributed by atoms with Gasteiger partial charge in [-0.2, -0.15) is 8.42 Å². The van der Waals surface area contributed by atoms with Gasteiger partial charge in [0.05, 0.1) is 11.1 Å². The molecular weight excluding hydrogens is 279 g/mol. The first-order valence-corrected chi connectivity index (χ1v) is 5.25. The van der Waals surface area contributed by atoms with Crippen molar-refractivity contribution >= 4 is 22.1 Å². The van der Waals surface area contributed by atoms with Crippen molar-refractivity contribution < 1.29 is 84.2 Å². The maximum Gasteiger partial charge on any atom is 1.00 e. The van der Waals surface area contributed by atoms with Crippen LogP contribution in [0.3, 0.4) is 0 Å². The average Bonchev–Trinajstić information content (AvgIpc) is 2.15. The Labute approximate surface area is 139 Å². The van der Waals surface area contributed by atoms with Crippen molar-refractivity contribution in [3.63, 3.8) is 0 Å². The van der Waals surface area contributed by atoms with Gasteiger partial charge in [0, 0.05) is 0 Å². The number of hydrogen-bond acceptors (Lipinski definition) is 4. The molecule has 1 aromatic rings. The van der Waals surface area contributed by atoms with Crippen LogP contribution in [0.1, 0.15) is 20.7 Å². The second kappa shape index (κ2) is 6.04. The maximum absolute atomic E-state index is 10.8. The summed E-state index contributed by atoms with van der Waals surface area (Å²) in [5.41, 5.74) is -1.17. The van der Waals surface area contributed by atoms with Crippen LogP contribution in [0, 0.1) is 0 Å². The summed E-state index contributed by atoms with van der Waals surface area (Å²) in [5, 5.41) is 17.2. The molecule has 0 aromatic heterocycles. The van der Waals surface area contributed by atoms with Crippen molar-refractivity contribution in [3.05, 3.63) is 29.3 Å². The van der Waals surface area contributed by atoms with Crippen molar-refractivity contribution in [3.8, 4) is 0 Å². The zero-order valence-corrected chi connectivity index (χ0v) is 12.6. The largest absolute Gasteiger partial charge is 1.00 e. The van der Waals surface area contributed by atoms with Gasteiger partial charge in [-0.15, -0.1) is 0 Å². The van der Waals surface area contributed by atoms with Crippen LogP contribution in [0.15, 0.2) is 23.1 Å². The van der Waals surface area contributed by atoms with E-state index in [4.69, 9.17) is 14.8 Å². The molecular formula is C8H6KO7S+. The van der Waals surface area contributed by atoms with E-state index < -0.39 is 32.5 Å². The topological polar surface area (TPSA) is 129 Å². The quantitative estimate of drug-likeness (QED) is 0.408. The van der Waals surface area contributed by atoms with Gasteiger partial charge < -0.3 is 10.2 Å². The molecule has 0 unspecified atom stereocenters. The van der Waals surface area contributed by atoms with Gasteiger partial charge in [0.1, 0.15) is 4.90 Å². The molecule has 0 aliphatic rings. The van der Waals surface area contributed by atoms with Crippen LogP contribution in [-0.2, 0) is 10.1 Å². The monoisotopic (exact) mass is 285 g/mol. The number of rotatable bonds is 3. The molecule has 1 aromatic carbocycles. The van der Waals surface area contributed by atoms with E-state index in [9.17, 15) is 18.0 Å². The Morgan fingerprint density at radius 3 is 1.94 bits per heavy atom. The van der Waals surface area contributed by atoms with Gasteiger partial charge in [0.2, 0.25) is 0 Å². The third-order valence-corrected chi connectivity index (χ3v) is 2.65. The summed E-state index contributed by atoms with van der Waals surface area (Å²) in [4.78, 5) is 20.4. The van der Waals surface area contributed by atoms with E-state index in [1.807, 2.05) is 0 Å². The fourth-order valence-corrected chi connectivity index (χ4v) is 1.72. The Kier molecular flexibility index (Phi) is 5.94. The van der Waals surface area contributed by atoms with Crippen LogP contribution in [0.4, 0.5) is 0 Å². The van der Waals surface area contributed by atoms with Crippen LogP contribution in [0.25, 0.3) is 0 Å². The normalized spacial score (nSPS) is 10.4. The smallest absolute Gasteiger partial charge is 0.478 e. The first-order valence-electron chi connectivity index (χ1n) is 3.81. The third kappa shape index (κ3) is 4.14. The maximum atomic E-state index is 10.8. The van der Waals surface area contributed by atoms with Crippen LogP contribution >= 0.6 is 0 Å². The molecule has 0 saturated carbocycles. The van der Waals surface area contributed by atoms with E-state index in [-0.39, 0.29) is 56.9 Å². The molecule has 9 heteroatoms. The third-order valence-electron chi connectivity index (χ3n) is 1.73. The van der Waals surface area contributed by atoms with Crippen molar-refractivity contribution in [1.82, 2.24) is 0 Å². The summed E-state index contributed by atoms with van der Waals surface area (Å²) in [7, 11) is -4.69. The number of carbonyl (C=O) groups is 2. The SMILES string of the molecule is O=C(O)c1ccc(S(=O)(=O)O)c(C(=O)O)c1.[K+]. The van der Waals surface area contributed by atoms with E-state index >= 15 is 0 Å². The molecule has 86 valence electrons. The standard InChI is InChI=1S/C8H6O7S.K/c9-7(10)4-1-2-6(16(13,14)15)5(3-4)8(11)12;/h1-3H,(H,9,10)(H,11,12)(H,13,14,15);/q;+1. The number of carboxylic acid groups (broad SMARTS) is 2.